The molecule has 2 fully saturated rings. The van der Waals surface area contributed by atoms with E-state index in [1.54, 1.807) is 11.1 Å². The van der Waals surface area contributed by atoms with Crippen LogP contribution in [0, 0.1) is 5.41 Å². The van der Waals surface area contributed by atoms with Gasteiger partial charge in [-0.25, -0.2) is 0 Å². The number of amides is 2. The maximum absolute atomic E-state index is 13.0. The molecule has 2 aliphatic heterocycles. The van der Waals surface area contributed by atoms with Gasteiger partial charge in [-0.3, -0.25) is 14.6 Å². The van der Waals surface area contributed by atoms with Gasteiger partial charge in [0.05, 0.1) is 12.2 Å². The Bertz CT molecular complexity index is 676. The minimum absolute atomic E-state index is 0.0106. The fourth-order valence-electron chi connectivity index (χ4n) is 4.12. The normalized spacial score (nSPS) is 26.7. The van der Waals surface area contributed by atoms with Crippen molar-refractivity contribution in [3.63, 3.8) is 0 Å². The summed E-state index contributed by atoms with van der Waals surface area (Å²) in [5, 5.41) is 0. The van der Waals surface area contributed by atoms with Crippen LogP contribution >= 0.6 is 0 Å². The number of likely N-dealkylation sites (tertiary alicyclic amines) is 1. The molecule has 3 heterocycles. The zero-order chi connectivity index (χ0) is 18.9. The highest BCUT2D eigenvalue weighted by Gasteiger charge is 2.51. The third-order valence-corrected chi connectivity index (χ3v) is 5.54. The number of likely N-dealkylation sites (N-methyl/N-ethyl adjacent to an activating group) is 2. The highest BCUT2D eigenvalue weighted by Crippen LogP contribution is 2.36. The molecule has 142 valence electrons. The van der Waals surface area contributed by atoms with E-state index in [0.717, 1.165) is 12.1 Å². The van der Waals surface area contributed by atoms with Gasteiger partial charge in [-0.15, -0.1) is 0 Å². The van der Waals surface area contributed by atoms with Crippen LogP contribution in [-0.2, 0) is 16.0 Å². The minimum Gasteiger partial charge on any atom is -0.371 e. The summed E-state index contributed by atoms with van der Waals surface area (Å²) in [6.45, 7) is 4.40. The second-order valence-electron chi connectivity index (χ2n) is 7.66. The van der Waals surface area contributed by atoms with Gasteiger partial charge in [0.15, 0.2) is 0 Å². The molecule has 2 saturated heterocycles. The van der Waals surface area contributed by atoms with Crippen LogP contribution in [0.1, 0.15) is 23.0 Å². The first kappa shape index (κ1) is 18.8. The van der Waals surface area contributed by atoms with Gasteiger partial charge in [0.1, 0.15) is 6.61 Å². The number of nitrogens with zero attached hydrogens (tertiary/aromatic N) is 4. The van der Waals surface area contributed by atoms with Crippen molar-refractivity contribution in [2.45, 2.75) is 19.4 Å². The van der Waals surface area contributed by atoms with Crippen LogP contribution in [0.3, 0.4) is 0 Å². The number of hydrogen-bond acceptors (Lipinski definition) is 5. The fourth-order valence-corrected chi connectivity index (χ4v) is 4.12. The van der Waals surface area contributed by atoms with Gasteiger partial charge in [0.25, 0.3) is 5.91 Å². The lowest BCUT2D eigenvalue weighted by Gasteiger charge is -2.37. The summed E-state index contributed by atoms with van der Waals surface area (Å²) >= 11 is 0. The molecule has 3 rings (SSSR count). The molecule has 26 heavy (non-hydrogen) atoms. The molecule has 7 nitrogen and oxygen atoms in total. The van der Waals surface area contributed by atoms with E-state index in [4.69, 9.17) is 4.74 Å². The number of rotatable bonds is 3. The minimum atomic E-state index is -0.281. The second-order valence-corrected chi connectivity index (χ2v) is 7.66. The van der Waals surface area contributed by atoms with E-state index >= 15 is 0 Å². The molecule has 0 aliphatic carbocycles. The number of carbonyl (C=O) groups excluding carboxylic acids is 2. The Labute approximate surface area is 154 Å². The zero-order valence-corrected chi connectivity index (χ0v) is 16.1. The summed E-state index contributed by atoms with van der Waals surface area (Å²) < 4.78 is 5.69. The lowest BCUT2D eigenvalue weighted by atomic mass is 9.82. The van der Waals surface area contributed by atoms with E-state index in [9.17, 15) is 9.59 Å². The van der Waals surface area contributed by atoms with Crippen molar-refractivity contribution in [1.82, 2.24) is 19.7 Å². The van der Waals surface area contributed by atoms with Crippen molar-refractivity contribution < 1.29 is 14.3 Å². The highest BCUT2D eigenvalue weighted by atomic mass is 16.5. The van der Waals surface area contributed by atoms with Gasteiger partial charge >= 0.3 is 0 Å². The predicted molar refractivity (Wildman–Crippen MR) is 97.9 cm³/mol. The van der Waals surface area contributed by atoms with Crippen LogP contribution in [0.15, 0.2) is 18.3 Å². The largest absolute Gasteiger partial charge is 0.371 e. The van der Waals surface area contributed by atoms with E-state index in [0.29, 0.717) is 31.8 Å². The van der Waals surface area contributed by atoms with Gasteiger partial charge in [-0.05, 0) is 32.6 Å². The lowest BCUT2D eigenvalue weighted by Crippen LogP contribution is -2.51. The molecule has 2 aliphatic rings. The second kappa shape index (κ2) is 7.32. The standard InChI is InChI=1S/C19H28N4O3/c1-5-15-7-6-14(8-20-15)18(25)23-9-16(21(2)3)19(12-23)11-22(4)17(24)10-26-13-19/h6-8,16H,5,9-13H2,1-4H3/t16-,19-/m1/s1. The van der Waals surface area contributed by atoms with Gasteiger partial charge < -0.3 is 19.4 Å². The van der Waals surface area contributed by atoms with Gasteiger partial charge in [0.2, 0.25) is 5.91 Å². The topological polar surface area (TPSA) is 66.0 Å². The summed E-state index contributed by atoms with van der Waals surface area (Å²) in [5.41, 5.74) is 1.30. The number of carbonyl (C=O) groups is 2. The molecular weight excluding hydrogens is 332 g/mol. The first-order chi connectivity index (χ1) is 12.4. The van der Waals surface area contributed by atoms with Crippen LogP contribution in [0.4, 0.5) is 0 Å². The van der Waals surface area contributed by atoms with Crippen molar-refractivity contribution >= 4 is 11.8 Å². The Morgan fingerprint density at radius 3 is 2.77 bits per heavy atom. The number of aryl methyl sites for hydroxylation is 1. The van der Waals surface area contributed by atoms with Crippen molar-refractivity contribution in [2.24, 2.45) is 5.41 Å². The Hall–Kier alpha value is -1.99. The molecule has 0 bridgehead atoms. The van der Waals surface area contributed by atoms with Gasteiger partial charge in [0, 0.05) is 50.0 Å². The third-order valence-electron chi connectivity index (χ3n) is 5.54. The summed E-state index contributed by atoms with van der Waals surface area (Å²) in [6.07, 6.45) is 2.51. The summed E-state index contributed by atoms with van der Waals surface area (Å²) in [7, 11) is 5.85. The summed E-state index contributed by atoms with van der Waals surface area (Å²) in [4.78, 5) is 35.1. The average molecular weight is 360 g/mol. The quantitative estimate of drug-likeness (QED) is 0.786. The molecule has 0 saturated carbocycles. The number of hydrogen-bond donors (Lipinski definition) is 0. The first-order valence-corrected chi connectivity index (χ1v) is 9.08. The molecule has 0 N–H and O–H groups in total. The van der Waals surface area contributed by atoms with Crippen molar-refractivity contribution in [3.8, 4) is 0 Å². The molecule has 0 radical (unpaired) electrons. The first-order valence-electron chi connectivity index (χ1n) is 9.08. The van der Waals surface area contributed by atoms with Crippen LogP contribution < -0.4 is 0 Å². The maximum atomic E-state index is 13.0. The maximum Gasteiger partial charge on any atom is 0.255 e. The fraction of sp³-hybridized carbons (Fsp3) is 0.632. The number of pyridine rings is 1. The van der Waals surface area contributed by atoms with Crippen LogP contribution in [0.5, 0.6) is 0 Å². The van der Waals surface area contributed by atoms with E-state index in [1.165, 1.54) is 0 Å². The van der Waals surface area contributed by atoms with Crippen molar-refractivity contribution in [1.29, 1.82) is 0 Å². The Kier molecular flexibility index (Phi) is 5.29. The summed E-state index contributed by atoms with van der Waals surface area (Å²) in [6, 6.07) is 3.88. The molecule has 0 aromatic carbocycles. The average Bonchev–Trinajstić information content (AvgIpc) is 2.93. The molecule has 2 amide bonds. The molecule has 2 atom stereocenters. The van der Waals surface area contributed by atoms with Gasteiger partial charge in [-0.1, -0.05) is 6.92 Å². The van der Waals surface area contributed by atoms with Crippen molar-refractivity contribution in [3.05, 3.63) is 29.6 Å². The van der Waals surface area contributed by atoms with Crippen LogP contribution in [-0.4, -0.2) is 91.5 Å². The SMILES string of the molecule is CCc1ccc(C(=O)N2C[C@@H](N(C)C)[C@@]3(COCC(=O)N(C)C3)C2)cn1. The zero-order valence-electron chi connectivity index (χ0n) is 16.1. The predicted octanol–water partition coefficient (Wildman–Crippen LogP) is 0.505. The molecule has 1 aromatic rings. The summed E-state index contributed by atoms with van der Waals surface area (Å²) in [5.74, 6) is -0.0226. The van der Waals surface area contributed by atoms with Gasteiger partial charge in [-0.2, -0.15) is 0 Å². The van der Waals surface area contributed by atoms with Crippen LogP contribution in [0.25, 0.3) is 0 Å². The molecular formula is C19H28N4O3. The van der Waals surface area contributed by atoms with Crippen LogP contribution in [0.2, 0.25) is 0 Å². The highest BCUT2D eigenvalue weighted by molar-refractivity contribution is 5.94. The monoisotopic (exact) mass is 360 g/mol. The number of aromatic nitrogens is 1. The Morgan fingerprint density at radius 2 is 2.15 bits per heavy atom. The van der Waals surface area contributed by atoms with E-state index in [1.807, 2.05) is 45.1 Å². The third kappa shape index (κ3) is 3.46. The molecule has 7 heteroatoms. The van der Waals surface area contributed by atoms with E-state index in [-0.39, 0.29) is 29.9 Å². The molecule has 1 aromatic heterocycles. The Balaban J connectivity index is 1.84. The molecule has 0 unspecified atom stereocenters. The Morgan fingerprint density at radius 1 is 1.38 bits per heavy atom. The van der Waals surface area contributed by atoms with Crippen molar-refractivity contribution in [2.75, 3.05) is 54.0 Å². The molecule has 1 spiro atoms. The van der Waals surface area contributed by atoms with E-state index in [2.05, 4.69) is 9.88 Å². The van der Waals surface area contributed by atoms with E-state index < -0.39 is 0 Å². The smallest absolute Gasteiger partial charge is 0.255 e. The lowest BCUT2D eigenvalue weighted by molar-refractivity contribution is -0.132. The number of ether oxygens (including phenoxy) is 1.